The van der Waals surface area contributed by atoms with Crippen LogP contribution < -0.4 is 4.90 Å². The summed E-state index contributed by atoms with van der Waals surface area (Å²) in [6.45, 7) is 8.97. The fourth-order valence-corrected chi connectivity index (χ4v) is 2.55. The minimum absolute atomic E-state index is 0.418. The van der Waals surface area contributed by atoms with E-state index in [0.717, 1.165) is 29.1 Å². The van der Waals surface area contributed by atoms with E-state index in [9.17, 15) is 0 Å². The summed E-state index contributed by atoms with van der Waals surface area (Å²) in [6.07, 6.45) is 2.59. The smallest absolute Gasteiger partial charge is 0.128 e. The molecule has 1 aromatic heterocycles. The number of hydrogen-bond acceptors (Lipinski definition) is 2. The standard InChI is InChI=1S/C13H19BrN2/c1-10-11(14)5-6-12(15-10)16-8-4-7-13(2,3)9-16/h5-6H,4,7-9H2,1-3H3. The highest BCUT2D eigenvalue weighted by Gasteiger charge is 2.27. The quantitative estimate of drug-likeness (QED) is 0.779. The number of halogens is 1. The average Bonchev–Trinajstić information content (AvgIpc) is 2.20. The highest BCUT2D eigenvalue weighted by atomic mass is 79.9. The molecule has 0 aliphatic carbocycles. The Bertz CT molecular complexity index is 388. The molecule has 0 unspecified atom stereocenters. The Balaban J connectivity index is 2.20. The normalized spacial score (nSPS) is 19.9. The fraction of sp³-hybridized carbons (Fsp3) is 0.615. The van der Waals surface area contributed by atoms with Gasteiger partial charge in [-0.3, -0.25) is 0 Å². The van der Waals surface area contributed by atoms with Crippen LogP contribution in [0.2, 0.25) is 0 Å². The number of nitrogens with zero attached hydrogens (tertiary/aromatic N) is 2. The molecular weight excluding hydrogens is 264 g/mol. The molecule has 1 aromatic rings. The lowest BCUT2D eigenvalue weighted by atomic mass is 9.84. The Morgan fingerprint density at radius 2 is 2.12 bits per heavy atom. The van der Waals surface area contributed by atoms with Gasteiger partial charge in [-0.1, -0.05) is 13.8 Å². The van der Waals surface area contributed by atoms with Crippen LogP contribution in [0, 0.1) is 12.3 Å². The van der Waals surface area contributed by atoms with Crippen LogP contribution in [0.4, 0.5) is 5.82 Å². The average molecular weight is 283 g/mol. The van der Waals surface area contributed by atoms with Crippen LogP contribution in [-0.2, 0) is 0 Å². The van der Waals surface area contributed by atoms with Gasteiger partial charge < -0.3 is 4.90 Å². The van der Waals surface area contributed by atoms with E-state index in [1.165, 1.54) is 12.8 Å². The van der Waals surface area contributed by atoms with Gasteiger partial charge in [0.25, 0.3) is 0 Å². The number of aryl methyl sites for hydroxylation is 1. The molecule has 0 amide bonds. The van der Waals surface area contributed by atoms with Crippen molar-refractivity contribution >= 4 is 21.7 Å². The molecule has 2 heterocycles. The zero-order valence-corrected chi connectivity index (χ0v) is 11.8. The molecule has 1 saturated heterocycles. The van der Waals surface area contributed by atoms with E-state index >= 15 is 0 Å². The summed E-state index contributed by atoms with van der Waals surface area (Å²) in [5, 5.41) is 0. The van der Waals surface area contributed by atoms with Crippen LogP contribution in [-0.4, -0.2) is 18.1 Å². The third-order valence-corrected chi connectivity index (χ3v) is 4.07. The first-order valence-electron chi connectivity index (χ1n) is 5.86. The van der Waals surface area contributed by atoms with E-state index in [1.807, 2.05) is 6.92 Å². The summed E-state index contributed by atoms with van der Waals surface area (Å²) < 4.78 is 1.09. The van der Waals surface area contributed by atoms with Gasteiger partial charge in [-0.2, -0.15) is 0 Å². The highest BCUT2D eigenvalue weighted by Crippen LogP contribution is 2.31. The Morgan fingerprint density at radius 1 is 1.38 bits per heavy atom. The molecule has 0 N–H and O–H groups in total. The van der Waals surface area contributed by atoms with Crippen LogP contribution in [0.1, 0.15) is 32.4 Å². The van der Waals surface area contributed by atoms with Gasteiger partial charge >= 0.3 is 0 Å². The van der Waals surface area contributed by atoms with E-state index in [-0.39, 0.29) is 0 Å². The Kier molecular flexibility index (Phi) is 3.24. The van der Waals surface area contributed by atoms with Gasteiger partial charge in [0.05, 0.1) is 5.69 Å². The molecule has 16 heavy (non-hydrogen) atoms. The summed E-state index contributed by atoms with van der Waals surface area (Å²) >= 11 is 3.49. The van der Waals surface area contributed by atoms with Crippen molar-refractivity contribution in [1.29, 1.82) is 0 Å². The molecule has 0 spiro atoms. The first-order valence-corrected chi connectivity index (χ1v) is 6.65. The number of anilines is 1. The van der Waals surface area contributed by atoms with Gasteiger partial charge in [-0.25, -0.2) is 4.98 Å². The summed E-state index contributed by atoms with van der Waals surface area (Å²) in [5.74, 6) is 1.12. The molecule has 2 nitrogen and oxygen atoms in total. The molecular formula is C13H19BrN2. The Morgan fingerprint density at radius 3 is 2.75 bits per heavy atom. The van der Waals surface area contributed by atoms with Crippen molar-refractivity contribution in [3.8, 4) is 0 Å². The molecule has 0 aromatic carbocycles. The van der Waals surface area contributed by atoms with Crippen molar-refractivity contribution in [2.75, 3.05) is 18.0 Å². The Labute approximate surface area is 106 Å². The van der Waals surface area contributed by atoms with Gasteiger partial charge in [0.1, 0.15) is 5.82 Å². The van der Waals surface area contributed by atoms with Gasteiger partial charge in [0.2, 0.25) is 0 Å². The third kappa shape index (κ3) is 2.57. The minimum Gasteiger partial charge on any atom is -0.356 e. The van der Waals surface area contributed by atoms with Crippen molar-refractivity contribution in [2.24, 2.45) is 5.41 Å². The molecule has 1 aliphatic heterocycles. The maximum absolute atomic E-state index is 4.64. The van der Waals surface area contributed by atoms with Crippen molar-refractivity contribution < 1.29 is 0 Å². The molecule has 88 valence electrons. The second-order valence-electron chi connectivity index (χ2n) is 5.43. The molecule has 3 heteroatoms. The minimum atomic E-state index is 0.418. The predicted octanol–water partition coefficient (Wildman–Crippen LogP) is 3.78. The molecule has 1 fully saturated rings. The Hall–Kier alpha value is -0.570. The second kappa shape index (κ2) is 4.36. The van der Waals surface area contributed by atoms with E-state index in [1.54, 1.807) is 0 Å². The van der Waals surface area contributed by atoms with Crippen LogP contribution >= 0.6 is 15.9 Å². The summed E-state index contributed by atoms with van der Waals surface area (Å²) in [5.41, 5.74) is 1.49. The summed E-state index contributed by atoms with van der Waals surface area (Å²) in [6, 6.07) is 4.21. The maximum atomic E-state index is 4.64. The number of pyridine rings is 1. The molecule has 1 aliphatic rings. The summed E-state index contributed by atoms with van der Waals surface area (Å²) in [4.78, 5) is 7.05. The first kappa shape index (κ1) is 11.9. The van der Waals surface area contributed by atoms with Crippen molar-refractivity contribution in [3.63, 3.8) is 0 Å². The maximum Gasteiger partial charge on any atom is 0.128 e. The lowest BCUT2D eigenvalue weighted by molar-refractivity contribution is 0.292. The number of piperidine rings is 1. The number of rotatable bonds is 1. The van der Waals surface area contributed by atoms with Gasteiger partial charge in [-0.05, 0) is 53.2 Å². The fourth-order valence-electron chi connectivity index (χ4n) is 2.33. The van der Waals surface area contributed by atoms with Crippen molar-refractivity contribution in [3.05, 3.63) is 22.3 Å². The predicted molar refractivity (Wildman–Crippen MR) is 71.9 cm³/mol. The third-order valence-electron chi connectivity index (χ3n) is 3.23. The van der Waals surface area contributed by atoms with Gasteiger partial charge in [0, 0.05) is 17.6 Å². The first-order chi connectivity index (χ1) is 7.48. The highest BCUT2D eigenvalue weighted by molar-refractivity contribution is 9.10. The number of hydrogen-bond donors (Lipinski definition) is 0. The topological polar surface area (TPSA) is 16.1 Å². The SMILES string of the molecule is Cc1nc(N2CCCC(C)(C)C2)ccc1Br. The summed E-state index contributed by atoms with van der Waals surface area (Å²) in [7, 11) is 0. The molecule has 0 radical (unpaired) electrons. The lowest BCUT2D eigenvalue weighted by Gasteiger charge is -2.38. The molecule has 0 bridgehead atoms. The van der Waals surface area contributed by atoms with Crippen LogP contribution in [0.3, 0.4) is 0 Å². The lowest BCUT2D eigenvalue weighted by Crippen LogP contribution is -2.40. The van der Waals surface area contributed by atoms with Gasteiger partial charge in [0.15, 0.2) is 0 Å². The van der Waals surface area contributed by atoms with E-state index in [2.05, 4.69) is 51.8 Å². The second-order valence-corrected chi connectivity index (χ2v) is 6.28. The zero-order valence-electron chi connectivity index (χ0n) is 10.3. The zero-order chi connectivity index (χ0) is 11.8. The molecule has 0 atom stereocenters. The largest absolute Gasteiger partial charge is 0.356 e. The van der Waals surface area contributed by atoms with E-state index < -0.39 is 0 Å². The van der Waals surface area contributed by atoms with Crippen molar-refractivity contribution in [1.82, 2.24) is 4.98 Å². The van der Waals surface area contributed by atoms with Crippen LogP contribution in [0.5, 0.6) is 0 Å². The molecule has 0 saturated carbocycles. The molecule has 2 rings (SSSR count). The van der Waals surface area contributed by atoms with E-state index in [4.69, 9.17) is 0 Å². The van der Waals surface area contributed by atoms with Gasteiger partial charge in [-0.15, -0.1) is 0 Å². The van der Waals surface area contributed by atoms with E-state index in [0.29, 0.717) is 5.41 Å². The van der Waals surface area contributed by atoms with Crippen LogP contribution in [0.25, 0.3) is 0 Å². The van der Waals surface area contributed by atoms with Crippen molar-refractivity contribution in [2.45, 2.75) is 33.6 Å². The number of aromatic nitrogens is 1. The monoisotopic (exact) mass is 282 g/mol. The van der Waals surface area contributed by atoms with Crippen LogP contribution in [0.15, 0.2) is 16.6 Å².